The first kappa shape index (κ1) is 12.9. The van der Waals surface area contributed by atoms with E-state index in [-0.39, 0.29) is 5.56 Å². The van der Waals surface area contributed by atoms with Gasteiger partial charge in [-0.2, -0.15) is 4.98 Å². The highest BCUT2D eigenvalue weighted by Gasteiger charge is 2.15. The lowest BCUT2D eigenvalue weighted by Crippen LogP contribution is -2.38. The van der Waals surface area contributed by atoms with Crippen LogP contribution in [0.1, 0.15) is 19.8 Å². The lowest BCUT2D eigenvalue weighted by molar-refractivity contribution is 0.122. The fourth-order valence-electron chi connectivity index (χ4n) is 2.01. The van der Waals surface area contributed by atoms with Gasteiger partial charge in [0.05, 0.1) is 13.2 Å². The molecule has 6 heteroatoms. The zero-order chi connectivity index (χ0) is 13.0. The Morgan fingerprint density at radius 2 is 2.17 bits per heavy atom. The molecule has 2 heterocycles. The molecule has 1 fully saturated rings. The number of nitrogen functional groups attached to an aromatic ring is 1. The van der Waals surface area contributed by atoms with Gasteiger partial charge in [0.15, 0.2) is 0 Å². The van der Waals surface area contributed by atoms with Crippen molar-refractivity contribution in [1.82, 2.24) is 9.55 Å². The van der Waals surface area contributed by atoms with Crippen LogP contribution in [0, 0.1) is 0 Å². The summed E-state index contributed by atoms with van der Waals surface area (Å²) in [6.45, 7) is 5.56. The van der Waals surface area contributed by atoms with Gasteiger partial charge in [0, 0.05) is 25.7 Å². The van der Waals surface area contributed by atoms with E-state index in [1.165, 1.54) is 4.57 Å². The Morgan fingerprint density at radius 3 is 2.78 bits per heavy atom. The third-order valence-electron chi connectivity index (χ3n) is 3.09. The van der Waals surface area contributed by atoms with Gasteiger partial charge < -0.3 is 15.4 Å². The smallest absolute Gasteiger partial charge is 0.256 e. The number of unbranched alkanes of at least 4 members (excludes halogenated alkanes) is 1. The zero-order valence-electron chi connectivity index (χ0n) is 10.8. The normalized spacial score (nSPS) is 15.9. The molecule has 0 bridgehead atoms. The summed E-state index contributed by atoms with van der Waals surface area (Å²) in [5.41, 5.74) is 5.79. The number of anilines is 2. The molecule has 0 radical (unpaired) electrons. The molecule has 1 aliphatic heterocycles. The number of nitrogens with zero attached hydrogens (tertiary/aromatic N) is 3. The van der Waals surface area contributed by atoms with Gasteiger partial charge in [0.1, 0.15) is 5.82 Å². The Hall–Kier alpha value is -1.56. The lowest BCUT2D eigenvalue weighted by atomic mass is 10.3. The van der Waals surface area contributed by atoms with E-state index in [2.05, 4.69) is 11.9 Å². The van der Waals surface area contributed by atoms with E-state index in [4.69, 9.17) is 10.5 Å². The molecule has 0 amide bonds. The fourth-order valence-corrected chi connectivity index (χ4v) is 2.01. The monoisotopic (exact) mass is 252 g/mol. The van der Waals surface area contributed by atoms with Gasteiger partial charge in [-0.25, -0.2) is 0 Å². The quantitative estimate of drug-likeness (QED) is 0.843. The van der Waals surface area contributed by atoms with E-state index >= 15 is 0 Å². The first-order valence-electron chi connectivity index (χ1n) is 6.42. The van der Waals surface area contributed by atoms with E-state index in [1.807, 2.05) is 4.90 Å². The standard InChI is InChI=1S/C12H20N4O2/c1-2-3-4-16-11(17)9-10(14-12(16)13)15-5-7-18-8-6-15/h9H,2-8H2,1H3,(H2,13,14). The molecule has 0 unspecified atom stereocenters. The molecule has 0 aliphatic carbocycles. The highest BCUT2D eigenvalue weighted by atomic mass is 16.5. The van der Waals surface area contributed by atoms with Crippen LogP contribution in [0.3, 0.4) is 0 Å². The molecule has 1 saturated heterocycles. The predicted molar refractivity (Wildman–Crippen MR) is 70.8 cm³/mol. The number of hydrogen-bond donors (Lipinski definition) is 1. The third kappa shape index (κ3) is 2.81. The highest BCUT2D eigenvalue weighted by Crippen LogP contribution is 2.12. The molecule has 2 rings (SSSR count). The first-order valence-corrected chi connectivity index (χ1v) is 6.42. The van der Waals surface area contributed by atoms with Crippen molar-refractivity contribution < 1.29 is 4.74 Å². The SMILES string of the molecule is CCCCn1c(N)nc(N2CCOCC2)cc1=O. The molecule has 100 valence electrons. The van der Waals surface area contributed by atoms with Crippen LogP contribution in [0.15, 0.2) is 10.9 Å². The van der Waals surface area contributed by atoms with Crippen molar-refractivity contribution in [3.05, 3.63) is 16.4 Å². The third-order valence-corrected chi connectivity index (χ3v) is 3.09. The molecule has 1 aliphatic rings. The summed E-state index contributed by atoms with van der Waals surface area (Å²) in [6, 6.07) is 1.57. The summed E-state index contributed by atoms with van der Waals surface area (Å²) < 4.78 is 6.81. The average Bonchev–Trinajstić information content (AvgIpc) is 2.39. The van der Waals surface area contributed by atoms with Crippen molar-refractivity contribution in [2.75, 3.05) is 36.9 Å². The molecule has 0 atom stereocenters. The lowest BCUT2D eigenvalue weighted by Gasteiger charge is -2.28. The summed E-state index contributed by atoms with van der Waals surface area (Å²) in [7, 11) is 0. The van der Waals surface area contributed by atoms with Gasteiger partial charge >= 0.3 is 0 Å². The van der Waals surface area contributed by atoms with Gasteiger partial charge in [-0.1, -0.05) is 13.3 Å². The van der Waals surface area contributed by atoms with Crippen molar-refractivity contribution in [3.63, 3.8) is 0 Å². The number of rotatable bonds is 4. The van der Waals surface area contributed by atoms with Gasteiger partial charge in [-0.3, -0.25) is 9.36 Å². The van der Waals surface area contributed by atoms with Crippen LogP contribution < -0.4 is 16.2 Å². The van der Waals surface area contributed by atoms with E-state index in [1.54, 1.807) is 6.07 Å². The molecule has 2 N–H and O–H groups in total. The van der Waals surface area contributed by atoms with Crippen LogP contribution in [0.25, 0.3) is 0 Å². The van der Waals surface area contributed by atoms with Gasteiger partial charge in [-0.15, -0.1) is 0 Å². The van der Waals surface area contributed by atoms with Gasteiger partial charge in [-0.05, 0) is 6.42 Å². The largest absolute Gasteiger partial charge is 0.378 e. The van der Waals surface area contributed by atoms with Crippen LogP contribution in [-0.2, 0) is 11.3 Å². The number of hydrogen-bond acceptors (Lipinski definition) is 5. The van der Waals surface area contributed by atoms with Crippen molar-refractivity contribution in [2.45, 2.75) is 26.3 Å². The predicted octanol–water partition coefficient (Wildman–Crippen LogP) is 0.462. The van der Waals surface area contributed by atoms with Crippen molar-refractivity contribution >= 4 is 11.8 Å². The van der Waals surface area contributed by atoms with Crippen molar-refractivity contribution in [1.29, 1.82) is 0 Å². The van der Waals surface area contributed by atoms with E-state index < -0.39 is 0 Å². The van der Waals surface area contributed by atoms with Crippen LogP contribution in [0.5, 0.6) is 0 Å². The topological polar surface area (TPSA) is 73.4 Å². The van der Waals surface area contributed by atoms with Gasteiger partial charge in [0.25, 0.3) is 5.56 Å². The molecule has 1 aromatic rings. The number of morpholine rings is 1. The molecule has 0 spiro atoms. The zero-order valence-corrected chi connectivity index (χ0v) is 10.8. The second-order valence-electron chi connectivity index (χ2n) is 4.42. The molecule has 18 heavy (non-hydrogen) atoms. The van der Waals surface area contributed by atoms with Crippen molar-refractivity contribution in [3.8, 4) is 0 Å². The van der Waals surface area contributed by atoms with Crippen LogP contribution >= 0.6 is 0 Å². The summed E-state index contributed by atoms with van der Waals surface area (Å²) in [5.74, 6) is 0.964. The molecule has 6 nitrogen and oxygen atoms in total. The Labute approximate surface area is 106 Å². The number of aromatic nitrogens is 2. The molecule has 0 aromatic carbocycles. The van der Waals surface area contributed by atoms with Crippen LogP contribution in [0.4, 0.5) is 11.8 Å². The number of ether oxygens (including phenoxy) is 1. The molecule has 1 aromatic heterocycles. The Morgan fingerprint density at radius 1 is 1.44 bits per heavy atom. The van der Waals surface area contributed by atoms with Gasteiger partial charge in [0.2, 0.25) is 5.95 Å². The maximum absolute atomic E-state index is 12.0. The minimum atomic E-state index is -0.0718. The van der Waals surface area contributed by atoms with Crippen LogP contribution in [-0.4, -0.2) is 35.9 Å². The van der Waals surface area contributed by atoms with Crippen molar-refractivity contribution in [2.24, 2.45) is 0 Å². The fraction of sp³-hybridized carbons (Fsp3) is 0.667. The average molecular weight is 252 g/mol. The Balaban J connectivity index is 2.21. The second kappa shape index (κ2) is 5.86. The molecular formula is C12H20N4O2. The van der Waals surface area contributed by atoms with Crippen LogP contribution in [0.2, 0.25) is 0 Å². The first-order chi connectivity index (χ1) is 8.72. The van der Waals surface area contributed by atoms with E-state index in [0.29, 0.717) is 31.5 Å². The summed E-state index contributed by atoms with van der Waals surface area (Å²) in [6.07, 6.45) is 1.96. The Bertz CT molecular complexity index is 452. The maximum Gasteiger partial charge on any atom is 0.256 e. The second-order valence-corrected chi connectivity index (χ2v) is 4.42. The minimum absolute atomic E-state index is 0.0718. The molecule has 0 saturated carbocycles. The summed E-state index contributed by atoms with van der Waals surface area (Å²) in [5, 5.41) is 0. The van der Waals surface area contributed by atoms with E-state index in [9.17, 15) is 4.79 Å². The minimum Gasteiger partial charge on any atom is -0.378 e. The summed E-state index contributed by atoms with van der Waals surface area (Å²) in [4.78, 5) is 18.3. The van der Waals surface area contributed by atoms with E-state index in [0.717, 1.165) is 25.9 Å². The summed E-state index contributed by atoms with van der Waals surface area (Å²) >= 11 is 0. The number of nitrogens with two attached hydrogens (primary N) is 1. The highest BCUT2D eigenvalue weighted by molar-refractivity contribution is 5.41. The maximum atomic E-state index is 12.0. The Kier molecular flexibility index (Phi) is 4.19. The molecular weight excluding hydrogens is 232 g/mol.